The molecule has 0 aliphatic heterocycles. The Morgan fingerprint density at radius 1 is 1.33 bits per heavy atom. The lowest BCUT2D eigenvalue weighted by molar-refractivity contribution is -0.122. The molecule has 0 saturated heterocycles. The Kier molecular flexibility index (Phi) is 4.24. The van der Waals surface area contributed by atoms with E-state index in [4.69, 9.17) is 4.74 Å². The van der Waals surface area contributed by atoms with Crippen molar-refractivity contribution in [2.24, 2.45) is 11.8 Å². The number of ether oxygens (including phenoxy) is 1. The van der Waals surface area contributed by atoms with E-state index >= 15 is 0 Å². The number of carbonyl (C=O) groups excluding carboxylic acids is 1. The van der Waals surface area contributed by atoms with Gasteiger partial charge in [0.2, 0.25) is 5.91 Å². The van der Waals surface area contributed by atoms with Gasteiger partial charge in [-0.25, -0.2) is 0 Å². The third kappa shape index (κ3) is 4.06. The molecule has 0 spiro atoms. The van der Waals surface area contributed by atoms with E-state index in [-0.39, 0.29) is 11.8 Å². The smallest absolute Gasteiger partial charge is 0.223 e. The van der Waals surface area contributed by atoms with Crippen LogP contribution in [-0.2, 0) is 11.3 Å². The summed E-state index contributed by atoms with van der Waals surface area (Å²) < 4.78 is 5.61. The Labute approximate surface area is 109 Å². The average molecular weight is 247 g/mol. The molecule has 2 rings (SSSR count). The molecule has 3 heteroatoms. The number of hydrogen-bond acceptors (Lipinski definition) is 2. The highest BCUT2D eigenvalue weighted by Gasteiger charge is 2.29. The van der Waals surface area contributed by atoms with Crippen LogP contribution in [0.2, 0.25) is 0 Å². The SMILES string of the molecule is CC(C)COc1ccc(CNC(=O)C2CC2)cc1. The predicted octanol–water partition coefficient (Wildman–Crippen LogP) is 2.75. The van der Waals surface area contributed by atoms with E-state index < -0.39 is 0 Å². The fraction of sp³-hybridized carbons (Fsp3) is 0.533. The molecule has 0 heterocycles. The van der Waals surface area contributed by atoms with E-state index in [1.165, 1.54) is 0 Å². The standard InChI is InChI=1S/C15H21NO2/c1-11(2)10-18-14-7-3-12(4-8-14)9-16-15(17)13-5-6-13/h3-4,7-8,11,13H,5-6,9-10H2,1-2H3,(H,16,17). The largest absolute Gasteiger partial charge is 0.493 e. The van der Waals surface area contributed by atoms with Crippen LogP contribution in [0.1, 0.15) is 32.3 Å². The highest BCUT2D eigenvalue weighted by molar-refractivity contribution is 5.80. The Bertz CT molecular complexity index is 393. The van der Waals surface area contributed by atoms with Crippen molar-refractivity contribution in [3.63, 3.8) is 0 Å². The molecule has 0 aromatic heterocycles. The van der Waals surface area contributed by atoms with Gasteiger partial charge in [-0.05, 0) is 36.5 Å². The molecular weight excluding hydrogens is 226 g/mol. The van der Waals surface area contributed by atoms with Gasteiger partial charge in [0.1, 0.15) is 5.75 Å². The van der Waals surface area contributed by atoms with Gasteiger partial charge in [-0.15, -0.1) is 0 Å². The molecule has 1 saturated carbocycles. The minimum atomic E-state index is 0.190. The minimum Gasteiger partial charge on any atom is -0.493 e. The lowest BCUT2D eigenvalue weighted by Crippen LogP contribution is -2.24. The lowest BCUT2D eigenvalue weighted by Gasteiger charge is -2.09. The van der Waals surface area contributed by atoms with E-state index in [1.807, 2.05) is 24.3 Å². The van der Waals surface area contributed by atoms with E-state index in [2.05, 4.69) is 19.2 Å². The summed E-state index contributed by atoms with van der Waals surface area (Å²) in [7, 11) is 0. The summed E-state index contributed by atoms with van der Waals surface area (Å²) in [6, 6.07) is 7.92. The maximum absolute atomic E-state index is 11.5. The van der Waals surface area contributed by atoms with Crippen molar-refractivity contribution in [2.75, 3.05) is 6.61 Å². The van der Waals surface area contributed by atoms with E-state index in [0.29, 0.717) is 12.5 Å². The summed E-state index contributed by atoms with van der Waals surface area (Å²) in [5.41, 5.74) is 1.11. The maximum Gasteiger partial charge on any atom is 0.223 e. The van der Waals surface area contributed by atoms with Gasteiger partial charge in [0.05, 0.1) is 6.61 Å². The minimum absolute atomic E-state index is 0.190. The number of hydrogen-bond donors (Lipinski definition) is 1. The van der Waals surface area contributed by atoms with Crippen molar-refractivity contribution in [3.05, 3.63) is 29.8 Å². The Hall–Kier alpha value is -1.51. The first-order chi connectivity index (χ1) is 8.65. The number of amides is 1. The molecule has 0 bridgehead atoms. The van der Waals surface area contributed by atoms with Crippen molar-refractivity contribution in [3.8, 4) is 5.75 Å². The lowest BCUT2D eigenvalue weighted by atomic mass is 10.2. The van der Waals surface area contributed by atoms with Crippen LogP contribution < -0.4 is 10.1 Å². The van der Waals surface area contributed by atoms with E-state index in [9.17, 15) is 4.79 Å². The van der Waals surface area contributed by atoms with Gasteiger partial charge in [0.25, 0.3) is 0 Å². The van der Waals surface area contributed by atoms with Gasteiger partial charge in [0.15, 0.2) is 0 Å². The second-order valence-corrected chi connectivity index (χ2v) is 5.34. The van der Waals surface area contributed by atoms with Crippen LogP contribution in [0.4, 0.5) is 0 Å². The first kappa shape index (κ1) is 12.9. The summed E-state index contributed by atoms with van der Waals surface area (Å²) in [6.07, 6.45) is 2.10. The average Bonchev–Trinajstić information content (AvgIpc) is 3.19. The van der Waals surface area contributed by atoms with Gasteiger partial charge in [-0.3, -0.25) is 4.79 Å². The van der Waals surface area contributed by atoms with E-state index in [0.717, 1.165) is 30.8 Å². The first-order valence-corrected chi connectivity index (χ1v) is 6.64. The van der Waals surface area contributed by atoms with Crippen molar-refractivity contribution in [1.82, 2.24) is 5.32 Å². The zero-order valence-corrected chi connectivity index (χ0v) is 11.1. The molecule has 1 amide bonds. The molecule has 3 nitrogen and oxygen atoms in total. The van der Waals surface area contributed by atoms with Crippen molar-refractivity contribution < 1.29 is 9.53 Å². The fourth-order valence-corrected chi connectivity index (χ4v) is 1.65. The van der Waals surface area contributed by atoms with Crippen LogP contribution in [0.3, 0.4) is 0 Å². The van der Waals surface area contributed by atoms with Gasteiger partial charge in [-0.2, -0.15) is 0 Å². The maximum atomic E-state index is 11.5. The summed E-state index contributed by atoms with van der Waals surface area (Å²) in [5.74, 6) is 1.89. The van der Waals surface area contributed by atoms with Gasteiger partial charge in [-0.1, -0.05) is 26.0 Å². The molecule has 1 aliphatic rings. The highest BCUT2D eigenvalue weighted by atomic mass is 16.5. The number of benzene rings is 1. The van der Waals surface area contributed by atoms with E-state index in [1.54, 1.807) is 0 Å². The third-order valence-electron chi connectivity index (χ3n) is 2.92. The molecule has 0 atom stereocenters. The van der Waals surface area contributed by atoms with Crippen LogP contribution >= 0.6 is 0 Å². The molecule has 0 unspecified atom stereocenters. The molecular formula is C15H21NO2. The summed E-state index contributed by atoms with van der Waals surface area (Å²) >= 11 is 0. The normalized spacial score (nSPS) is 14.6. The monoisotopic (exact) mass is 247 g/mol. The third-order valence-corrected chi connectivity index (χ3v) is 2.92. The predicted molar refractivity (Wildman–Crippen MR) is 71.3 cm³/mol. The van der Waals surface area contributed by atoms with Gasteiger partial charge < -0.3 is 10.1 Å². The molecule has 1 N–H and O–H groups in total. The van der Waals surface area contributed by atoms with Crippen LogP contribution in [-0.4, -0.2) is 12.5 Å². The molecule has 0 radical (unpaired) electrons. The number of carbonyl (C=O) groups is 1. The van der Waals surface area contributed by atoms with Gasteiger partial charge >= 0.3 is 0 Å². The zero-order chi connectivity index (χ0) is 13.0. The van der Waals surface area contributed by atoms with Crippen LogP contribution in [0.15, 0.2) is 24.3 Å². The quantitative estimate of drug-likeness (QED) is 0.839. The van der Waals surface area contributed by atoms with Gasteiger partial charge in [0, 0.05) is 12.5 Å². The number of nitrogens with one attached hydrogen (secondary N) is 1. The molecule has 1 aromatic rings. The van der Waals surface area contributed by atoms with Crippen molar-refractivity contribution in [1.29, 1.82) is 0 Å². The van der Waals surface area contributed by atoms with Crippen molar-refractivity contribution in [2.45, 2.75) is 33.2 Å². The topological polar surface area (TPSA) is 38.3 Å². The second kappa shape index (κ2) is 5.89. The molecule has 1 fully saturated rings. The van der Waals surface area contributed by atoms with Crippen LogP contribution in [0.5, 0.6) is 5.75 Å². The Morgan fingerprint density at radius 2 is 2.00 bits per heavy atom. The van der Waals surface area contributed by atoms with Crippen molar-refractivity contribution >= 4 is 5.91 Å². The molecule has 1 aromatic carbocycles. The first-order valence-electron chi connectivity index (χ1n) is 6.64. The van der Waals surface area contributed by atoms with Crippen LogP contribution in [0.25, 0.3) is 0 Å². The Balaban J connectivity index is 1.77. The summed E-state index contributed by atoms with van der Waals surface area (Å²) in [4.78, 5) is 11.5. The molecule has 18 heavy (non-hydrogen) atoms. The number of rotatable bonds is 6. The second-order valence-electron chi connectivity index (χ2n) is 5.34. The van der Waals surface area contributed by atoms with Crippen LogP contribution in [0, 0.1) is 11.8 Å². The zero-order valence-electron chi connectivity index (χ0n) is 11.1. The molecule has 98 valence electrons. The summed E-state index contributed by atoms with van der Waals surface area (Å²) in [6.45, 7) is 5.60. The molecule has 1 aliphatic carbocycles. The summed E-state index contributed by atoms with van der Waals surface area (Å²) in [5, 5.41) is 2.95. The Morgan fingerprint density at radius 3 is 2.56 bits per heavy atom. The fourth-order valence-electron chi connectivity index (χ4n) is 1.65. The highest BCUT2D eigenvalue weighted by Crippen LogP contribution is 2.28.